The van der Waals surface area contributed by atoms with Gasteiger partial charge in [0.15, 0.2) is 5.69 Å². The Morgan fingerprint density at radius 1 is 1.19 bits per heavy atom. The number of nitrogens with one attached hydrogen (secondary N) is 1. The second kappa shape index (κ2) is 7.38. The summed E-state index contributed by atoms with van der Waals surface area (Å²) in [6.45, 7) is 1.57. The number of para-hydroxylation sites is 2. The van der Waals surface area contributed by atoms with Crippen LogP contribution in [0.2, 0.25) is 5.02 Å². The van der Waals surface area contributed by atoms with Gasteiger partial charge >= 0.3 is 0 Å². The van der Waals surface area contributed by atoms with Gasteiger partial charge in [0.2, 0.25) is 5.43 Å². The number of carbonyl (C=O) groups excluding carboxylic acids is 1. The number of carbonyl (C=O) groups is 1. The molecule has 27 heavy (non-hydrogen) atoms. The molecule has 0 bridgehead atoms. The fourth-order valence-electron chi connectivity index (χ4n) is 2.50. The average Bonchev–Trinajstić information content (AvgIpc) is 2.61. The van der Waals surface area contributed by atoms with Crippen molar-refractivity contribution in [1.29, 1.82) is 0 Å². The number of aromatic nitrogens is 2. The molecule has 0 spiro atoms. The van der Waals surface area contributed by atoms with Crippen LogP contribution in [0.4, 0.5) is 11.4 Å². The lowest BCUT2D eigenvalue weighted by atomic mass is 10.2. The van der Waals surface area contributed by atoms with Crippen LogP contribution in [0.15, 0.2) is 59.4 Å². The molecule has 0 unspecified atom stereocenters. The summed E-state index contributed by atoms with van der Waals surface area (Å²) in [4.78, 5) is 35.5. The number of hydrogen-bond acceptors (Lipinski definition) is 5. The molecule has 1 amide bonds. The van der Waals surface area contributed by atoms with Gasteiger partial charge in [0, 0.05) is 28.5 Å². The summed E-state index contributed by atoms with van der Waals surface area (Å²) in [7, 11) is 0. The fraction of sp³-hybridized carbons (Fsp3) is 0.0556. The van der Waals surface area contributed by atoms with Crippen molar-refractivity contribution in [3.05, 3.63) is 91.3 Å². The Morgan fingerprint density at radius 2 is 1.93 bits per heavy atom. The Labute approximate surface area is 158 Å². The van der Waals surface area contributed by atoms with Crippen molar-refractivity contribution < 1.29 is 9.72 Å². The van der Waals surface area contributed by atoms with Gasteiger partial charge in [0.05, 0.1) is 4.92 Å². The Balaban J connectivity index is 2.06. The van der Waals surface area contributed by atoms with Gasteiger partial charge < -0.3 is 5.32 Å². The standard InChI is InChI=1S/C18H13ClN4O4/c1-11-9-16(24)17(18(25)20-13-6-4-5-12(19)10-13)21-22(11)14-7-2-3-8-15(14)23(26)27/h2-10H,1H3,(H,20,25). The minimum absolute atomic E-state index is 0.150. The quantitative estimate of drug-likeness (QED) is 0.548. The third kappa shape index (κ3) is 3.85. The van der Waals surface area contributed by atoms with E-state index in [1.165, 1.54) is 35.0 Å². The van der Waals surface area contributed by atoms with Gasteiger partial charge in [-0.25, -0.2) is 4.68 Å². The number of benzene rings is 2. The Bertz CT molecular complexity index is 1110. The highest BCUT2D eigenvalue weighted by molar-refractivity contribution is 6.30. The van der Waals surface area contributed by atoms with Gasteiger partial charge in [0.25, 0.3) is 11.6 Å². The molecule has 1 heterocycles. The fourth-order valence-corrected chi connectivity index (χ4v) is 2.69. The van der Waals surface area contributed by atoms with Gasteiger partial charge in [-0.3, -0.25) is 19.7 Å². The Morgan fingerprint density at radius 3 is 2.63 bits per heavy atom. The molecule has 0 saturated carbocycles. The number of anilines is 1. The summed E-state index contributed by atoms with van der Waals surface area (Å²) in [6, 6.07) is 13.6. The first kappa shape index (κ1) is 18.3. The molecule has 0 fully saturated rings. The minimum Gasteiger partial charge on any atom is -0.320 e. The summed E-state index contributed by atoms with van der Waals surface area (Å²) in [5.41, 5.74) is -0.282. The number of nitro benzene ring substituents is 1. The zero-order chi connectivity index (χ0) is 19.6. The van der Waals surface area contributed by atoms with Crippen molar-refractivity contribution >= 4 is 28.9 Å². The first-order chi connectivity index (χ1) is 12.9. The topological polar surface area (TPSA) is 107 Å². The number of halogens is 1. The minimum atomic E-state index is -0.741. The van der Waals surface area contributed by atoms with E-state index in [0.29, 0.717) is 16.4 Å². The van der Waals surface area contributed by atoms with Crippen LogP contribution in [0.3, 0.4) is 0 Å². The van der Waals surface area contributed by atoms with Crippen LogP contribution in [-0.2, 0) is 0 Å². The maximum Gasteiger partial charge on any atom is 0.294 e. The SMILES string of the molecule is Cc1cc(=O)c(C(=O)Nc2cccc(Cl)c2)nn1-c1ccccc1[N+](=O)[O-]. The lowest BCUT2D eigenvalue weighted by molar-refractivity contribution is -0.384. The summed E-state index contributed by atoms with van der Waals surface area (Å²) >= 11 is 5.88. The molecule has 0 aliphatic rings. The van der Waals surface area contributed by atoms with Crippen LogP contribution in [0.1, 0.15) is 16.2 Å². The maximum absolute atomic E-state index is 12.5. The van der Waals surface area contributed by atoms with E-state index in [4.69, 9.17) is 11.6 Å². The van der Waals surface area contributed by atoms with Gasteiger partial charge in [-0.15, -0.1) is 0 Å². The monoisotopic (exact) mass is 384 g/mol. The van der Waals surface area contributed by atoms with Crippen LogP contribution >= 0.6 is 11.6 Å². The molecule has 0 atom stereocenters. The van der Waals surface area contributed by atoms with E-state index in [-0.39, 0.29) is 11.4 Å². The zero-order valence-corrected chi connectivity index (χ0v) is 14.8. The third-order valence-corrected chi connectivity index (χ3v) is 3.95. The molecule has 136 valence electrons. The second-order valence-corrected chi connectivity index (χ2v) is 6.06. The lowest BCUT2D eigenvalue weighted by Gasteiger charge is -2.11. The van der Waals surface area contributed by atoms with Crippen molar-refractivity contribution in [3.63, 3.8) is 0 Å². The molecule has 1 N–H and O–H groups in total. The molecule has 0 saturated heterocycles. The van der Waals surface area contributed by atoms with Gasteiger partial charge in [0.1, 0.15) is 5.69 Å². The molecule has 2 aromatic carbocycles. The van der Waals surface area contributed by atoms with E-state index in [0.717, 1.165) is 0 Å². The predicted molar refractivity (Wildman–Crippen MR) is 101 cm³/mol. The van der Waals surface area contributed by atoms with Crippen LogP contribution in [0.25, 0.3) is 5.69 Å². The van der Waals surface area contributed by atoms with E-state index in [1.54, 1.807) is 31.2 Å². The van der Waals surface area contributed by atoms with Crippen molar-refractivity contribution in [2.24, 2.45) is 0 Å². The number of nitrogens with zero attached hydrogens (tertiary/aromatic N) is 3. The van der Waals surface area contributed by atoms with Crippen molar-refractivity contribution in [2.75, 3.05) is 5.32 Å². The van der Waals surface area contributed by atoms with Crippen molar-refractivity contribution in [1.82, 2.24) is 9.78 Å². The Hall–Kier alpha value is -3.52. The molecule has 9 heteroatoms. The predicted octanol–water partition coefficient (Wildman–Crippen LogP) is 3.35. The number of rotatable bonds is 4. The molecule has 0 aliphatic carbocycles. The molecule has 8 nitrogen and oxygen atoms in total. The molecular formula is C18H13ClN4O4. The molecule has 1 aromatic heterocycles. The van der Waals surface area contributed by atoms with E-state index in [9.17, 15) is 19.7 Å². The van der Waals surface area contributed by atoms with Gasteiger partial charge in [-0.05, 0) is 31.2 Å². The zero-order valence-electron chi connectivity index (χ0n) is 14.0. The van der Waals surface area contributed by atoms with E-state index < -0.39 is 22.0 Å². The molecule has 3 rings (SSSR count). The normalized spacial score (nSPS) is 10.4. The lowest BCUT2D eigenvalue weighted by Crippen LogP contribution is -2.27. The van der Waals surface area contributed by atoms with Crippen LogP contribution in [0.5, 0.6) is 0 Å². The smallest absolute Gasteiger partial charge is 0.294 e. The molecular weight excluding hydrogens is 372 g/mol. The van der Waals surface area contributed by atoms with E-state index in [1.807, 2.05) is 0 Å². The molecule has 0 radical (unpaired) electrons. The number of amides is 1. The van der Waals surface area contributed by atoms with Crippen molar-refractivity contribution in [3.8, 4) is 5.69 Å². The second-order valence-electron chi connectivity index (χ2n) is 5.62. The Kier molecular flexibility index (Phi) is 5.00. The number of hydrogen-bond donors (Lipinski definition) is 1. The van der Waals surface area contributed by atoms with Crippen LogP contribution in [0, 0.1) is 17.0 Å². The summed E-state index contributed by atoms with van der Waals surface area (Å²) in [6.07, 6.45) is 0. The van der Waals surface area contributed by atoms with Crippen LogP contribution in [-0.4, -0.2) is 20.6 Å². The maximum atomic E-state index is 12.5. The largest absolute Gasteiger partial charge is 0.320 e. The highest BCUT2D eigenvalue weighted by Crippen LogP contribution is 2.22. The van der Waals surface area contributed by atoms with Crippen molar-refractivity contribution in [2.45, 2.75) is 6.92 Å². The van der Waals surface area contributed by atoms with E-state index >= 15 is 0 Å². The third-order valence-electron chi connectivity index (χ3n) is 3.71. The summed E-state index contributed by atoms with van der Waals surface area (Å²) in [5, 5.41) is 18.3. The van der Waals surface area contributed by atoms with Crippen LogP contribution < -0.4 is 10.7 Å². The van der Waals surface area contributed by atoms with Gasteiger partial charge in [-0.1, -0.05) is 29.8 Å². The summed E-state index contributed by atoms with van der Waals surface area (Å²) < 4.78 is 1.20. The highest BCUT2D eigenvalue weighted by Gasteiger charge is 2.20. The molecule has 0 aliphatic heterocycles. The van der Waals surface area contributed by atoms with E-state index in [2.05, 4.69) is 10.4 Å². The molecule has 3 aromatic rings. The van der Waals surface area contributed by atoms with Gasteiger partial charge in [-0.2, -0.15) is 5.10 Å². The first-order valence-corrected chi connectivity index (χ1v) is 8.16. The first-order valence-electron chi connectivity index (χ1n) is 7.78. The number of nitro groups is 1. The highest BCUT2D eigenvalue weighted by atomic mass is 35.5. The summed E-state index contributed by atoms with van der Waals surface area (Å²) in [5.74, 6) is -0.741. The number of aryl methyl sites for hydroxylation is 1. The average molecular weight is 385 g/mol.